The molecule has 1 rings (SSSR count). The van der Waals surface area contributed by atoms with Crippen molar-refractivity contribution in [1.82, 2.24) is 16.0 Å². The summed E-state index contributed by atoms with van der Waals surface area (Å²) in [6.45, 7) is 8.01. The lowest BCUT2D eigenvalue weighted by atomic mass is 10.4. The molecule has 7 nitrogen and oxygen atoms in total. The van der Waals surface area contributed by atoms with E-state index in [1.54, 1.807) is 12.1 Å². The molecule has 0 saturated heterocycles. The van der Waals surface area contributed by atoms with Gasteiger partial charge >= 0.3 is 0 Å². The number of halogens is 1. The number of rotatable bonds is 10. The summed E-state index contributed by atoms with van der Waals surface area (Å²) in [4.78, 5) is 16.1. The number of carbonyl (C=O) groups excluding carboxylic acids is 1. The van der Waals surface area contributed by atoms with Crippen molar-refractivity contribution >= 4 is 35.8 Å². The molecule has 1 aromatic heterocycles. The van der Waals surface area contributed by atoms with Crippen LogP contribution in [0.15, 0.2) is 27.8 Å². The Hall–Kier alpha value is -1.29. The Morgan fingerprint density at radius 2 is 2.04 bits per heavy atom. The number of amides is 1. The molecular formula is C15H27IN4O3. The van der Waals surface area contributed by atoms with Gasteiger partial charge in [0.05, 0.1) is 6.26 Å². The van der Waals surface area contributed by atoms with Crippen LogP contribution in [0.4, 0.5) is 0 Å². The highest BCUT2D eigenvalue weighted by atomic mass is 127. The molecule has 3 N–H and O–H groups in total. The van der Waals surface area contributed by atoms with Crippen molar-refractivity contribution in [2.75, 3.05) is 39.4 Å². The number of furan rings is 1. The van der Waals surface area contributed by atoms with Crippen LogP contribution in [-0.4, -0.2) is 51.3 Å². The first-order valence-corrected chi connectivity index (χ1v) is 7.69. The van der Waals surface area contributed by atoms with Crippen LogP contribution in [0.2, 0.25) is 0 Å². The Morgan fingerprint density at radius 3 is 2.70 bits per heavy atom. The van der Waals surface area contributed by atoms with Gasteiger partial charge in [-0.1, -0.05) is 0 Å². The Bertz CT molecular complexity index is 438. The van der Waals surface area contributed by atoms with Crippen LogP contribution in [0.5, 0.6) is 0 Å². The van der Waals surface area contributed by atoms with Gasteiger partial charge in [-0.05, 0) is 32.4 Å². The van der Waals surface area contributed by atoms with Crippen molar-refractivity contribution in [2.24, 2.45) is 4.99 Å². The molecule has 0 radical (unpaired) electrons. The Morgan fingerprint density at radius 1 is 1.26 bits per heavy atom. The maximum atomic E-state index is 11.7. The number of hydrogen-bond acceptors (Lipinski definition) is 4. The van der Waals surface area contributed by atoms with Gasteiger partial charge < -0.3 is 25.1 Å². The Labute approximate surface area is 154 Å². The maximum Gasteiger partial charge on any atom is 0.287 e. The molecule has 132 valence electrons. The second kappa shape index (κ2) is 14.3. The van der Waals surface area contributed by atoms with E-state index in [-0.39, 0.29) is 29.9 Å². The minimum Gasteiger partial charge on any atom is -0.459 e. The monoisotopic (exact) mass is 438 g/mol. The second-order valence-corrected chi connectivity index (χ2v) is 4.47. The standard InChI is InChI=1S/C15H26N4O3.HI/c1-3-16-15(18-8-6-11-21-4-2)19-10-9-17-14(20)13-7-5-12-22-13;/h5,7,12H,3-4,6,8-11H2,1-2H3,(H,17,20)(H2,16,18,19);1H. The molecule has 23 heavy (non-hydrogen) atoms. The zero-order valence-corrected chi connectivity index (χ0v) is 16.1. The number of ether oxygens (including phenoxy) is 1. The lowest BCUT2D eigenvalue weighted by Crippen LogP contribution is -2.41. The molecule has 0 aliphatic carbocycles. The molecule has 0 atom stereocenters. The molecule has 0 aliphatic rings. The van der Waals surface area contributed by atoms with Gasteiger partial charge in [-0.15, -0.1) is 24.0 Å². The summed E-state index contributed by atoms with van der Waals surface area (Å²) in [5.74, 6) is 0.841. The first-order chi connectivity index (χ1) is 10.8. The van der Waals surface area contributed by atoms with Crippen LogP contribution in [0, 0.1) is 0 Å². The molecule has 1 aromatic rings. The summed E-state index contributed by atoms with van der Waals surface area (Å²) < 4.78 is 10.3. The second-order valence-electron chi connectivity index (χ2n) is 4.47. The number of nitrogens with one attached hydrogen (secondary N) is 3. The number of aliphatic imine (C=N–C) groups is 1. The van der Waals surface area contributed by atoms with Gasteiger partial charge in [-0.2, -0.15) is 0 Å². The zero-order valence-electron chi connectivity index (χ0n) is 13.8. The van der Waals surface area contributed by atoms with Gasteiger partial charge in [0.1, 0.15) is 0 Å². The van der Waals surface area contributed by atoms with E-state index in [0.29, 0.717) is 25.4 Å². The third-order valence-electron chi connectivity index (χ3n) is 2.71. The van der Waals surface area contributed by atoms with Crippen LogP contribution in [0.1, 0.15) is 30.8 Å². The largest absolute Gasteiger partial charge is 0.459 e. The average Bonchev–Trinajstić information content (AvgIpc) is 3.05. The number of carbonyl (C=O) groups is 1. The van der Waals surface area contributed by atoms with E-state index in [1.807, 2.05) is 13.8 Å². The summed E-state index contributed by atoms with van der Waals surface area (Å²) in [7, 11) is 0. The summed E-state index contributed by atoms with van der Waals surface area (Å²) in [5, 5.41) is 9.09. The third-order valence-corrected chi connectivity index (χ3v) is 2.71. The van der Waals surface area contributed by atoms with Crippen LogP contribution in [0.3, 0.4) is 0 Å². The summed E-state index contributed by atoms with van der Waals surface area (Å²) in [6.07, 6.45) is 2.37. The number of guanidine groups is 1. The fraction of sp³-hybridized carbons (Fsp3) is 0.600. The summed E-state index contributed by atoms with van der Waals surface area (Å²) in [6, 6.07) is 3.32. The van der Waals surface area contributed by atoms with Gasteiger partial charge in [0.2, 0.25) is 0 Å². The van der Waals surface area contributed by atoms with E-state index in [4.69, 9.17) is 9.15 Å². The number of nitrogens with zero attached hydrogens (tertiary/aromatic N) is 1. The zero-order chi connectivity index (χ0) is 16.0. The molecule has 1 amide bonds. The first-order valence-electron chi connectivity index (χ1n) is 7.69. The summed E-state index contributed by atoms with van der Waals surface area (Å²) >= 11 is 0. The van der Waals surface area contributed by atoms with Crippen molar-refractivity contribution in [2.45, 2.75) is 20.3 Å². The highest BCUT2D eigenvalue weighted by Gasteiger charge is 2.06. The minimum absolute atomic E-state index is 0. The van der Waals surface area contributed by atoms with E-state index >= 15 is 0 Å². The molecule has 0 saturated carbocycles. The van der Waals surface area contributed by atoms with E-state index in [1.165, 1.54) is 6.26 Å². The van der Waals surface area contributed by atoms with Crippen LogP contribution in [0.25, 0.3) is 0 Å². The van der Waals surface area contributed by atoms with Crippen LogP contribution >= 0.6 is 24.0 Å². The van der Waals surface area contributed by atoms with E-state index in [2.05, 4.69) is 20.9 Å². The Balaban J connectivity index is 0.00000484. The highest BCUT2D eigenvalue weighted by molar-refractivity contribution is 14.0. The average molecular weight is 438 g/mol. The molecule has 1 heterocycles. The molecule has 0 unspecified atom stereocenters. The molecule has 0 spiro atoms. The first kappa shape index (κ1) is 21.7. The highest BCUT2D eigenvalue weighted by Crippen LogP contribution is 1.98. The SMILES string of the molecule is CCNC(=NCCCOCC)NCCNC(=O)c1ccco1.I. The third kappa shape index (κ3) is 10.2. The van der Waals surface area contributed by atoms with Gasteiger partial charge in [-0.3, -0.25) is 9.79 Å². The predicted octanol–water partition coefficient (Wildman–Crippen LogP) is 1.61. The molecule has 8 heteroatoms. The molecule has 0 bridgehead atoms. The molecule has 0 aliphatic heterocycles. The maximum absolute atomic E-state index is 11.7. The quantitative estimate of drug-likeness (QED) is 0.224. The minimum atomic E-state index is -0.217. The van der Waals surface area contributed by atoms with Gasteiger partial charge in [0, 0.05) is 39.4 Å². The molecule has 0 fully saturated rings. The van der Waals surface area contributed by atoms with Gasteiger partial charge in [0.15, 0.2) is 11.7 Å². The topological polar surface area (TPSA) is 87.9 Å². The van der Waals surface area contributed by atoms with E-state index in [0.717, 1.165) is 32.1 Å². The predicted molar refractivity (Wildman–Crippen MR) is 102 cm³/mol. The Kier molecular flexibility index (Phi) is 13.5. The summed E-state index contributed by atoms with van der Waals surface area (Å²) in [5.41, 5.74) is 0. The van der Waals surface area contributed by atoms with Crippen LogP contribution < -0.4 is 16.0 Å². The van der Waals surface area contributed by atoms with E-state index in [9.17, 15) is 4.79 Å². The van der Waals surface area contributed by atoms with Crippen molar-refractivity contribution in [3.8, 4) is 0 Å². The fourth-order valence-electron chi connectivity index (χ4n) is 1.70. The van der Waals surface area contributed by atoms with Crippen molar-refractivity contribution in [3.05, 3.63) is 24.2 Å². The fourth-order valence-corrected chi connectivity index (χ4v) is 1.70. The smallest absolute Gasteiger partial charge is 0.287 e. The number of hydrogen-bond donors (Lipinski definition) is 3. The van der Waals surface area contributed by atoms with Crippen molar-refractivity contribution < 1.29 is 13.9 Å². The molecular weight excluding hydrogens is 411 g/mol. The lowest BCUT2D eigenvalue weighted by Gasteiger charge is -2.11. The normalized spacial score (nSPS) is 10.8. The van der Waals surface area contributed by atoms with Crippen molar-refractivity contribution in [1.29, 1.82) is 0 Å². The van der Waals surface area contributed by atoms with Crippen LogP contribution in [-0.2, 0) is 4.74 Å². The van der Waals surface area contributed by atoms with Gasteiger partial charge in [0.25, 0.3) is 5.91 Å². The van der Waals surface area contributed by atoms with Gasteiger partial charge in [-0.25, -0.2) is 0 Å². The van der Waals surface area contributed by atoms with Crippen molar-refractivity contribution in [3.63, 3.8) is 0 Å². The van der Waals surface area contributed by atoms with E-state index < -0.39 is 0 Å². The molecule has 0 aromatic carbocycles. The lowest BCUT2D eigenvalue weighted by molar-refractivity contribution is 0.0926.